The lowest BCUT2D eigenvalue weighted by Crippen LogP contribution is -2.06. The van der Waals surface area contributed by atoms with E-state index in [4.69, 9.17) is 15.0 Å². The zero-order chi connectivity index (χ0) is 27.2. The topological polar surface area (TPSA) is 43.6 Å². The molecule has 0 spiro atoms. The lowest BCUT2D eigenvalue weighted by Gasteiger charge is -2.12. The van der Waals surface area contributed by atoms with Crippen LogP contribution in [0.5, 0.6) is 0 Å². The average molecular weight is 525 g/mol. The Balaban J connectivity index is 1.42. The highest BCUT2D eigenvalue weighted by atomic mass is 15.2. The molecule has 6 aromatic carbocycles. The minimum absolute atomic E-state index is 0.598. The summed E-state index contributed by atoms with van der Waals surface area (Å²) in [5, 5.41) is 4.73. The van der Waals surface area contributed by atoms with E-state index in [2.05, 4.69) is 114 Å². The second kappa shape index (κ2) is 9.54. The van der Waals surface area contributed by atoms with Crippen molar-refractivity contribution in [3.63, 3.8) is 0 Å². The highest BCUT2D eigenvalue weighted by molar-refractivity contribution is 6.13. The van der Waals surface area contributed by atoms with E-state index in [1.54, 1.807) is 0 Å². The van der Waals surface area contributed by atoms with Crippen molar-refractivity contribution >= 4 is 32.6 Å². The van der Waals surface area contributed by atoms with Crippen LogP contribution in [0.15, 0.2) is 146 Å². The van der Waals surface area contributed by atoms with Gasteiger partial charge >= 0.3 is 0 Å². The molecule has 0 N–H and O–H groups in total. The average Bonchev–Trinajstić information content (AvgIpc) is 3.37. The van der Waals surface area contributed by atoms with Gasteiger partial charge in [0.15, 0.2) is 11.6 Å². The molecule has 0 atom stereocenters. The van der Waals surface area contributed by atoms with Gasteiger partial charge in [0.25, 0.3) is 0 Å². The fourth-order valence-corrected chi connectivity index (χ4v) is 5.65. The van der Waals surface area contributed by atoms with Crippen LogP contribution < -0.4 is 0 Å². The van der Waals surface area contributed by atoms with Gasteiger partial charge in [0.1, 0.15) is 0 Å². The fourth-order valence-electron chi connectivity index (χ4n) is 5.65. The molecule has 4 nitrogen and oxygen atoms in total. The molecule has 0 aliphatic rings. The van der Waals surface area contributed by atoms with E-state index in [9.17, 15) is 0 Å². The molecule has 0 fully saturated rings. The van der Waals surface area contributed by atoms with Crippen LogP contribution >= 0.6 is 0 Å². The number of aromatic nitrogens is 4. The normalized spacial score (nSPS) is 11.4. The highest BCUT2D eigenvalue weighted by Gasteiger charge is 2.18. The molecule has 0 saturated carbocycles. The molecule has 8 rings (SSSR count). The molecular weight excluding hydrogens is 500 g/mol. The highest BCUT2D eigenvalue weighted by Crippen LogP contribution is 2.35. The lowest BCUT2D eigenvalue weighted by molar-refractivity contribution is 0.954. The van der Waals surface area contributed by atoms with Gasteiger partial charge in [0.2, 0.25) is 5.95 Å². The summed E-state index contributed by atoms with van der Waals surface area (Å²) in [7, 11) is 0. The molecule has 0 unspecified atom stereocenters. The van der Waals surface area contributed by atoms with Crippen molar-refractivity contribution in [2.75, 3.05) is 0 Å². The second-order valence-corrected chi connectivity index (χ2v) is 10.2. The van der Waals surface area contributed by atoms with Gasteiger partial charge in [0, 0.05) is 21.9 Å². The predicted octanol–water partition coefficient (Wildman–Crippen LogP) is 9.12. The molecule has 192 valence electrons. The Labute approximate surface area is 237 Å². The SMILES string of the molecule is c1ccc(-c2cccc(-c3nc(-c4ccccc4)nc(-n4c5ccccc5c5cc6ccccc6cc54)n3)c2)cc1. The first-order valence-corrected chi connectivity index (χ1v) is 13.7. The molecular formula is C37H24N4. The molecule has 0 bridgehead atoms. The van der Waals surface area contributed by atoms with E-state index in [1.807, 2.05) is 36.4 Å². The third-order valence-electron chi connectivity index (χ3n) is 7.62. The molecule has 8 aromatic rings. The number of rotatable bonds is 4. The number of nitrogens with zero attached hydrogens (tertiary/aromatic N) is 4. The van der Waals surface area contributed by atoms with Crippen LogP contribution in [0.4, 0.5) is 0 Å². The minimum Gasteiger partial charge on any atom is -0.278 e. The van der Waals surface area contributed by atoms with Gasteiger partial charge in [-0.2, -0.15) is 9.97 Å². The number of benzene rings is 6. The molecule has 4 heteroatoms. The maximum atomic E-state index is 5.13. The summed E-state index contributed by atoms with van der Waals surface area (Å²) < 4.78 is 2.18. The zero-order valence-corrected chi connectivity index (χ0v) is 22.1. The zero-order valence-electron chi connectivity index (χ0n) is 22.1. The molecule has 2 aromatic heterocycles. The van der Waals surface area contributed by atoms with Gasteiger partial charge in [-0.1, -0.05) is 121 Å². The summed E-state index contributed by atoms with van der Waals surface area (Å²) in [5.41, 5.74) is 6.29. The van der Waals surface area contributed by atoms with E-state index in [-0.39, 0.29) is 0 Å². The Bertz CT molecular complexity index is 2200. The fraction of sp³-hybridized carbons (Fsp3) is 0. The Morgan fingerprint density at radius 1 is 0.366 bits per heavy atom. The first kappa shape index (κ1) is 23.3. The van der Waals surface area contributed by atoms with Gasteiger partial charge in [0.05, 0.1) is 11.0 Å². The van der Waals surface area contributed by atoms with Crippen molar-refractivity contribution in [2.45, 2.75) is 0 Å². The van der Waals surface area contributed by atoms with Crippen molar-refractivity contribution < 1.29 is 0 Å². The van der Waals surface area contributed by atoms with Crippen LogP contribution in [0.3, 0.4) is 0 Å². The monoisotopic (exact) mass is 524 g/mol. The summed E-state index contributed by atoms with van der Waals surface area (Å²) in [4.78, 5) is 15.2. The van der Waals surface area contributed by atoms with Crippen molar-refractivity contribution in [3.8, 4) is 39.9 Å². The Morgan fingerprint density at radius 2 is 0.951 bits per heavy atom. The Hall–Kier alpha value is -5.61. The Kier molecular flexibility index (Phi) is 5.42. The number of fused-ring (bicyclic) bond motifs is 4. The van der Waals surface area contributed by atoms with Crippen LogP contribution in [-0.2, 0) is 0 Å². The van der Waals surface area contributed by atoms with Gasteiger partial charge in [-0.05, 0) is 46.2 Å². The maximum absolute atomic E-state index is 5.13. The second-order valence-electron chi connectivity index (χ2n) is 10.2. The first-order valence-electron chi connectivity index (χ1n) is 13.7. The van der Waals surface area contributed by atoms with Crippen LogP contribution in [0.25, 0.3) is 72.4 Å². The van der Waals surface area contributed by atoms with Gasteiger partial charge < -0.3 is 0 Å². The van der Waals surface area contributed by atoms with Crippen LogP contribution in [-0.4, -0.2) is 19.5 Å². The van der Waals surface area contributed by atoms with Gasteiger partial charge in [-0.15, -0.1) is 0 Å². The molecule has 0 amide bonds. The maximum Gasteiger partial charge on any atom is 0.238 e. The van der Waals surface area contributed by atoms with Crippen molar-refractivity contribution in [2.24, 2.45) is 0 Å². The number of para-hydroxylation sites is 1. The van der Waals surface area contributed by atoms with Gasteiger partial charge in [-0.3, -0.25) is 4.57 Å². The Morgan fingerprint density at radius 3 is 1.73 bits per heavy atom. The quantitative estimate of drug-likeness (QED) is 0.231. The summed E-state index contributed by atoms with van der Waals surface area (Å²) >= 11 is 0. The molecule has 41 heavy (non-hydrogen) atoms. The van der Waals surface area contributed by atoms with E-state index < -0.39 is 0 Å². The summed E-state index contributed by atoms with van der Waals surface area (Å²) in [6.07, 6.45) is 0. The van der Waals surface area contributed by atoms with Crippen LogP contribution in [0.1, 0.15) is 0 Å². The van der Waals surface area contributed by atoms with Crippen LogP contribution in [0.2, 0.25) is 0 Å². The number of hydrogen-bond acceptors (Lipinski definition) is 3. The number of hydrogen-bond donors (Lipinski definition) is 0. The first-order chi connectivity index (χ1) is 20.3. The van der Waals surface area contributed by atoms with Crippen LogP contribution in [0, 0.1) is 0 Å². The van der Waals surface area contributed by atoms with Crippen molar-refractivity contribution in [3.05, 3.63) is 146 Å². The van der Waals surface area contributed by atoms with E-state index in [0.717, 1.165) is 33.3 Å². The summed E-state index contributed by atoms with van der Waals surface area (Å²) in [5.74, 6) is 1.88. The smallest absolute Gasteiger partial charge is 0.238 e. The standard InChI is InChI=1S/C37H24N4/c1-3-12-25(13-4-1)27-18-11-19-30(22-27)36-38-35(26-14-5-2-6-15-26)39-37(40-36)41-33-21-10-9-20-31(33)32-23-28-16-7-8-17-29(28)24-34(32)41/h1-24H. The van der Waals surface area contributed by atoms with E-state index >= 15 is 0 Å². The molecule has 0 aliphatic carbocycles. The summed E-state index contributed by atoms with van der Waals surface area (Å²) in [6, 6.07) is 50.4. The largest absolute Gasteiger partial charge is 0.278 e. The summed E-state index contributed by atoms with van der Waals surface area (Å²) in [6.45, 7) is 0. The lowest BCUT2D eigenvalue weighted by atomic mass is 10.0. The van der Waals surface area contributed by atoms with Crippen molar-refractivity contribution in [1.82, 2.24) is 19.5 Å². The van der Waals surface area contributed by atoms with E-state index in [0.29, 0.717) is 17.6 Å². The predicted molar refractivity (Wildman–Crippen MR) is 168 cm³/mol. The molecule has 0 radical (unpaired) electrons. The molecule has 2 heterocycles. The third-order valence-corrected chi connectivity index (χ3v) is 7.62. The van der Waals surface area contributed by atoms with E-state index in [1.165, 1.54) is 21.5 Å². The minimum atomic E-state index is 0.598. The van der Waals surface area contributed by atoms with Crippen molar-refractivity contribution in [1.29, 1.82) is 0 Å². The third kappa shape index (κ3) is 4.05. The van der Waals surface area contributed by atoms with Gasteiger partial charge in [-0.25, -0.2) is 4.98 Å². The molecule has 0 saturated heterocycles. The molecule has 0 aliphatic heterocycles.